The van der Waals surface area contributed by atoms with Gasteiger partial charge in [0, 0.05) is 12.2 Å². The van der Waals surface area contributed by atoms with E-state index in [0.29, 0.717) is 11.7 Å². The molecule has 0 fully saturated rings. The molecule has 5 nitrogen and oxygen atoms in total. The van der Waals surface area contributed by atoms with Gasteiger partial charge in [0.25, 0.3) is 5.91 Å². The number of carbonyl (C=O) groups excluding carboxylic acids is 1. The summed E-state index contributed by atoms with van der Waals surface area (Å²) in [6.07, 6.45) is 1.40. The molecule has 1 heterocycles. The molecule has 0 bridgehead atoms. The highest BCUT2D eigenvalue weighted by molar-refractivity contribution is 5.92. The smallest absolute Gasteiger partial charge is 0.271 e. The van der Waals surface area contributed by atoms with Crippen molar-refractivity contribution in [3.05, 3.63) is 17.5 Å². The third kappa shape index (κ3) is 4.56. The lowest BCUT2D eigenvalue weighted by molar-refractivity contribution is 0.0585. The number of rotatable bonds is 6. The Bertz CT molecular complexity index is 470. The predicted octanol–water partition coefficient (Wildman–Crippen LogP) is 2.69. The van der Waals surface area contributed by atoms with E-state index in [1.54, 1.807) is 6.07 Å². The molecule has 0 aromatic carbocycles. The highest BCUT2D eigenvalue weighted by atomic mass is 16.3. The van der Waals surface area contributed by atoms with E-state index in [9.17, 15) is 9.90 Å². The maximum atomic E-state index is 12.1. The molecular weight excluding hydrogens is 266 g/mol. The number of nitrogens with zero attached hydrogens (tertiary/aromatic N) is 2. The van der Waals surface area contributed by atoms with Crippen LogP contribution in [0, 0.1) is 12.3 Å². The van der Waals surface area contributed by atoms with Crippen molar-refractivity contribution in [1.29, 1.82) is 0 Å². The van der Waals surface area contributed by atoms with Gasteiger partial charge in [0.05, 0.1) is 12.1 Å². The zero-order valence-corrected chi connectivity index (χ0v) is 14.1. The molecule has 0 aliphatic rings. The van der Waals surface area contributed by atoms with Crippen molar-refractivity contribution in [2.24, 2.45) is 5.41 Å². The minimum Gasteiger partial charge on any atom is -0.391 e. The van der Waals surface area contributed by atoms with E-state index in [0.717, 1.165) is 18.5 Å². The van der Waals surface area contributed by atoms with Crippen molar-refractivity contribution in [1.82, 2.24) is 15.1 Å². The Morgan fingerprint density at radius 3 is 2.43 bits per heavy atom. The maximum Gasteiger partial charge on any atom is 0.271 e. The molecule has 0 aliphatic heterocycles. The van der Waals surface area contributed by atoms with Crippen LogP contribution in [0.2, 0.25) is 0 Å². The second-order valence-electron chi connectivity index (χ2n) is 6.68. The van der Waals surface area contributed by atoms with Gasteiger partial charge in [-0.15, -0.1) is 0 Å². The second kappa shape index (κ2) is 7.07. The first kappa shape index (κ1) is 17.7. The molecule has 1 atom stereocenters. The molecule has 1 amide bonds. The summed E-state index contributed by atoms with van der Waals surface area (Å²) in [4.78, 5) is 12.1. The van der Waals surface area contributed by atoms with Gasteiger partial charge in [-0.1, -0.05) is 34.6 Å². The molecule has 0 saturated carbocycles. The molecule has 0 radical (unpaired) electrons. The summed E-state index contributed by atoms with van der Waals surface area (Å²) in [5.74, 6) is -0.230. The molecule has 2 N–H and O–H groups in total. The Morgan fingerprint density at radius 1 is 1.38 bits per heavy atom. The third-order valence-corrected chi connectivity index (χ3v) is 3.90. The number of hydrogen-bond donors (Lipinski definition) is 2. The summed E-state index contributed by atoms with van der Waals surface area (Å²) < 4.78 is 1.93. The molecule has 1 aromatic heterocycles. The molecule has 5 heteroatoms. The lowest BCUT2D eigenvalue weighted by atomic mass is 9.89. The van der Waals surface area contributed by atoms with Gasteiger partial charge >= 0.3 is 0 Å². The lowest BCUT2D eigenvalue weighted by Gasteiger charge is -2.25. The summed E-state index contributed by atoms with van der Waals surface area (Å²) in [6, 6.07) is 2.13. The van der Waals surface area contributed by atoms with Crippen LogP contribution in [0.4, 0.5) is 0 Å². The monoisotopic (exact) mass is 295 g/mol. The minimum atomic E-state index is -0.580. The molecule has 1 aromatic rings. The maximum absolute atomic E-state index is 12.1. The van der Waals surface area contributed by atoms with E-state index in [4.69, 9.17) is 0 Å². The number of aryl methyl sites for hydroxylation is 1. The van der Waals surface area contributed by atoms with Crippen molar-refractivity contribution >= 4 is 5.91 Å². The van der Waals surface area contributed by atoms with Gasteiger partial charge in [0.15, 0.2) is 0 Å². The molecule has 0 aliphatic carbocycles. The first-order chi connectivity index (χ1) is 9.70. The van der Waals surface area contributed by atoms with E-state index in [1.807, 2.05) is 32.4 Å². The van der Waals surface area contributed by atoms with Gasteiger partial charge < -0.3 is 10.4 Å². The topological polar surface area (TPSA) is 67.2 Å². The number of aliphatic hydroxyl groups is 1. The van der Waals surface area contributed by atoms with Crippen LogP contribution in [-0.2, 0) is 0 Å². The van der Waals surface area contributed by atoms with Crippen LogP contribution >= 0.6 is 0 Å². The molecule has 1 rings (SSSR count). The predicted molar refractivity (Wildman–Crippen MR) is 84.4 cm³/mol. The minimum absolute atomic E-state index is 0.230. The fourth-order valence-corrected chi connectivity index (χ4v) is 2.19. The van der Waals surface area contributed by atoms with Crippen molar-refractivity contribution in [3.63, 3.8) is 0 Å². The Balaban J connectivity index is 2.74. The largest absolute Gasteiger partial charge is 0.391 e. The number of aromatic nitrogens is 2. The van der Waals surface area contributed by atoms with E-state index in [2.05, 4.69) is 24.3 Å². The Kier molecular flexibility index (Phi) is 5.96. The van der Waals surface area contributed by atoms with Gasteiger partial charge in [-0.25, -0.2) is 0 Å². The first-order valence-electron chi connectivity index (χ1n) is 7.73. The van der Waals surface area contributed by atoms with E-state index in [1.165, 1.54) is 0 Å². The normalized spacial score (nSPS) is 13.5. The third-order valence-electron chi connectivity index (χ3n) is 3.90. The summed E-state index contributed by atoms with van der Waals surface area (Å²) >= 11 is 0. The average Bonchev–Trinajstić information content (AvgIpc) is 2.78. The number of aliphatic hydroxyl groups excluding tert-OH is 1. The summed E-state index contributed by atoms with van der Waals surface area (Å²) in [7, 11) is 0. The van der Waals surface area contributed by atoms with E-state index < -0.39 is 6.10 Å². The van der Waals surface area contributed by atoms with Crippen molar-refractivity contribution < 1.29 is 9.90 Å². The molecule has 120 valence electrons. The first-order valence-corrected chi connectivity index (χ1v) is 7.73. The van der Waals surface area contributed by atoms with Gasteiger partial charge in [0.1, 0.15) is 5.69 Å². The number of hydrogen-bond acceptors (Lipinski definition) is 3. The highest BCUT2D eigenvalue weighted by Crippen LogP contribution is 2.19. The molecule has 21 heavy (non-hydrogen) atoms. The van der Waals surface area contributed by atoms with Crippen LogP contribution in [0.3, 0.4) is 0 Å². The van der Waals surface area contributed by atoms with Gasteiger partial charge in [-0.2, -0.15) is 5.10 Å². The van der Waals surface area contributed by atoms with E-state index >= 15 is 0 Å². The van der Waals surface area contributed by atoms with Crippen LogP contribution < -0.4 is 5.32 Å². The molecule has 0 saturated heterocycles. The van der Waals surface area contributed by atoms with Crippen molar-refractivity contribution in [2.75, 3.05) is 6.54 Å². The van der Waals surface area contributed by atoms with Gasteiger partial charge in [0.2, 0.25) is 0 Å². The number of carbonyl (C=O) groups is 1. The molecule has 0 spiro atoms. The Labute approximate surface area is 127 Å². The zero-order valence-electron chi connectivity index (χ0n) is 14.1. The fourth-order valence-electron chi connectivity index (χ4n) is 2.19. The van der Waals surface area contributed by atoms with Gasteiger partial charge in [-0.3, -0.25) is 9.48 Å². The summed E-state index contributed by atoms with van der Waals surface area (Å²) in [6.45, 7) is 12.3. The SMILES string of the molecule is CCC(CC)n1nc(C(=O)NCC(O)C(C)(C)C)cc1C. The Hall–Kier alpha value is -1.36. The van der Waals surface area contributed by atoms with Crippen LogP contribution in [-0.4, -0.2) is 33.4 Å². The number of nitrogens with one attached hydrogen (secondary N) is 1. The van der Waals surface area contributed by atoms with Crippen LogP contribution in [0.5, 0.6) is 0 Å². The lowest BCUT2D eigenvalue weighted by Crippen LogP contribution is -2.39. The quantitative estimate of drug-likeness (QED) is 0.848. The highest BCUT2D eigenvalue weighted by Gasteiger charge is 2.23. The fraction of sp³-hybridized carbons (Fsp3) is 0.750. The van der Waals surface area contributed by atoms with Crippen LogP contribution in [0.25, 0.3) is 0 Å². The Morgan fingerprint density at radius 2 is 1.95 bits per heavy atom. The number of amides is 1. The van der Waals surface area contributed by atoms with Gasteiger partial charge in [-0.05, 0) is 31.2 Å². The standard InChI is InChI=1S/C16H29N3O2/c1-7-12(8-2)19-11(3)9-13(18-19)15(21)17-10-14(20)16(4,5)6/h9,12,14,20H,7-8,10H2,1-6H3,(H,17,21). The second-order valence-corrected chi connectivity index (χ2v) is 6.68. The average molecular weight is 295 g/mol. The summed E-state index contributed by atoms with van der Waals surface area (Å²) in [5.41, 5.74) is 1.16. The molecular formula is C16H29N3O2. The van der Waals surface area contributed by atoms with E-state index in [-0.39, 0.29) is 17.9 Å². The van der Waals surface area contributed by atoms with Crippen molar-refractivity contribution in [3.8, 4) is 0 Å². The van der Waals surface area contributed by atoms with Crippen LogP contribution in [0.15, 0.2) is 6.07 Å². The van der Waals surface area contributed by atoms with Crippen LogP contribution in [0.1, 0.15) is 69.7 Å². The van der Waals surface area contributed by atoms with Crippen molar-refractivity contribution in [2.45, 2.75) is 66.5 Å². The molecule has 1 unspecified atom stereocenters. The summed E-state index contributed by atoms with van der Waals surface area (Å²) in [5, 5.41) is 17.1. The zero-order chi connectivity index (χ0) is 16.2.